The van der Waals surface area contributed by atoms with Gasteiger partial charge in [0.15, 0.2) is 0 Å². The van der Waals surface area contributed by atoms with Crippen molar-refractivity contribution >= 4 is 17.7 Å². The van der Waals surface area contributed by atoms with Crippen LogP contribution in [0.4, 0.5) is 5.69 Å². The molecule has 0 heterocycles. The lowest BCUT2D eigenvalue weighted by Gasteiger charge is -2.08. The zero-order valence-electron chi connectivity index (χ0n) is 9.86. The van der Waals surface area contributed by atoms with Crippen LogP contribution < -0.4 is 5.73 Å². The Morgan fingerprint density at radius 1 is 1.44 bits per heavy atom. The number of rotatable bonds is 3. The molecule has 0 bridgehead atoms. The topological polar surface area (TPSA) is 52.3 Å². The second-order valence-corrected chi connectivity index (χ2v) is 3.90. The summed E-state index contributed by atoms with van der Waals surface area (Å²) in [5, 5.41) is 0. The molecule has 0 fully saturated rings. The van der Waals surface area contributed by atoms with Crippen LogP contribution in [0.3, 0.4) is 0 Å². The number of anilines is 1. The average molecular weight is 219 g/mol. The van der Waals surface area contributed by atoms with Gasteiger partial charge in [0.2, 0.25) is 0 Å². The molecule has 3 nitrogen and oxygen atoms in total. The Hall–Kier alpha value is -1.77. The SMILES string of the molecule is COC(=O)/C=C/c1cc(C(C)C)ccc1N. The van der Waals surface area contributed by atoms with Crippen LogP contribution in [0.1, 0.15) is 30.9 Å². The van der Waals surface area contributed by atoms with Gasteiger partial charge in [-0.05, 0) is 35.3 Å². The lowest BCUT2D eigenvalue weighted by molar-refractivity contribution is -0.134. The second kappa shape index (κ2) is 5.35. The number of nitrogen functional groups attached to an aromatic ring is 1. The van der Waals surface area contributed by atoms with Gasteiger partial charge < -0.3 is 10.5 Å². The lowest BCUT2D eigenvalue weighted by atomic mass is 9.99. The zero-order valence-corrected chi connectivity index (χ0v) is 9.86. The molecule has 0 radical (unpaired) electrons. The highest BCUT2D eigenvalue weighted by molar-refractivity contribution is 5.88. The van der Waals surface area contributed by atoms with E-state index in [1.807, 2.05) is 18.2 Å². The summed E-state index contributed by atoms with van der Waals surface area (Å²) >= 11 is 0. The molecule has 0 saturated carbocycles. The van der Waals surface area contributed by atoms with E-state index in [9.17, 15) is 4.79 Å². The normalized spacial score (nSPS) is 11.0. The highest BCUT2D eigenvalue weighted by atomic mass is 16.5. The molecule has 1 aromatic carbocycles. The third kappa shape index (κ3) is 3.12. The van der Waals surface area contributed by atoms with Gasteiger partial charge in [0.05, 0.1) is 7.11 Å². The minimum absolute atomic E-state index is 0.380. The van der Waals surface area contributed by atoms with Gasteiger partial charge in [-0.2, -0.15) is 0 Å². The van der Waals surface area contributed by atoms with Crippen LogP contribution in [0.5, 0.6) is 0 Å². The molecule has 16 heavy (non-hydrogen) atoms. The van der Waals surface area contributed by atoms with Gasteiger partial charge >= 0.3 is 5.97 Å². The smallest absolute Gasteiger partial charge is 0.330 e. The minimum Gasteiger partial charge on any atom is -0.466 e. The predicted octanol–water partition coefficient (Wildman–Crippen LogP) is 2.58. The molecule has 0 atom stereocenters. The van der Waals surface area contributed by atoms with Crippen LogP contribution in [0.15, 0.2) is 24.3 Å². The Morgan fingerprint density at radius 3 is 2.69 bits per heavy atom. The second-order valence-electron chi connectivity index (χ2n) is 3.90. The van der Waals surface area contributed by atoms with E-state index in [0.29, 0.717) is 11.6 Å². The van der Waals surface area contributed by atoms with E-state index in [1.165, 1.54) is 18.7 Å². The maximum atomic E-state index is 11.0. The molecule has 2 N–H and O–H groups in total. The van der Waals surface area contributed by atoms with Crippen molar-refractivity contribution in [2.75, 3.05) is 12.8 Å². The molecular weight excluding hydrogens is 202 g/mol. The maximum Gasteiger partial charge on any atom is 0.330 e. The van der Waals surface area contributed by atoms with E-state index in [0.717, 1.165) is 5.56 Å². The van der Waals surface area contributed by atoms with Crippen molar-refractivity contribution in [2.45, 2.75) is 19.8 Å². The van der Waals surface area contributed by atoms with Crippen LogP contribution in [0.25, 0.3) is 6.08 Å². The highest BCUT2D eigenvalue weighted by Gasteiger charge is 2.02. The Bertz CT molecular complexity index is 408. The number of carbonyl (C=O) groups is 1. The molecule has 0 saturated heterocycles. The van der Waals surface area contributed by atoms with Crippen LogP contribution in [0.2, 0.25) is 0 Å². The third-order valence-electron chi connectivity index (χ3n) is 2.38. The Labute approximate surface area is 95.9 Å². The zero-order chi connectivity index (χ0) is 12.1. The van der Waals surface area contributed by atoms with E-state index in [4.69, 9.17) is 5.73 Å². The first-order chi connectivity index (χ1) is 7.54. The van der Waals surface area contributed by atoms with Gasteiger partial charge in [0.25, 0.3) is 0 Å². The average Bonchev–Trinajstić information content (AvgIpc) is 2.27. The summed E-state index contributed by atoms with van der Waals surface area (Å²) in [6, 6.07) is 5.83. The number of nitrogens with two attached hydrogens (primary N) is 1. The first-order valence-corrected chi connectivity index (χ1v) is 5.20. The summed E-state index contributed by atoms with van der Waals surface area (Å²) in [5.41, 5.74) is 8.51. The quantitative estimate of drug-likeness (QED) is 0.483. The van der Waals surface area contributed by atoms with Gasteiger partial charge in [-0.25, -0.2) is 4.79 Å². The van der Waals surface area contributed by atoms with Crippen molar-refractivity contribution in [3.05, 3.63) is 35.4 Å². The minimum atomic E-state index is -0.380. The van der Waals surface area contributed by atoms with Gasteiger partial charge in [-0.1, -0.05) is 19.9 Å². The molecule has 0 spiro atoms. The first kappa shape index (κ1) is 12.3. The van der Waals surface area contributed by atoms with Crippen LogP contribution in [-0.4, -0.2) is 13.1 Å². The number of esters is 1. The van der Waals surface area contributed by atoms with Crippen LogP contribution in [0, 0.1) is 0 Å². The van der Waals surface area contributed by atoms with E-state index < -0.39 is 0 Å². The van der Waals surface area contributed by atoms with Crippen molar-refractivity contribution in [1.82, 2.24) is 0 Å². The summed E-state index contributed by atoms with van der Waals surface area (Å²) in [6.45, 7) is 4.22. The molecule has 0 aliphatic carbocycles. The summed E-state index contributed by atoms with van der Waals surface area (Å²) in [7, 11) is 1.35. The van der Waals surface area contributed by atoms with E-state index in [2.05, 4.69) is 18.6 Å². The number of carbonyl (C=O) groups excluding carboxylic acids is 1. The highest BCUT2D eigenvalue weighted by Crippen LogP contribution is 2.21. The summed E-state index contributed by atoms with van der Waals surface area (Å²) < 4.78 is 4.52. The molecule has 0 amide bonds. The standard InChI is InChI=1S/C13H17NO2/c1-9(2)10-4-6-12(14)11(8-10)5-7-13(15)16-3/h4-9H,14H2,1-3H3/b7-5+. The number of ether oxygens (including phenoxy) is 1. The summed E-state index contributed by atoms with van der Waals surface area (Å²) in [4.78, 5) is 11.0. The van der Waals surface area contributed by atoms with Crippen LogP contribution in [-0.2, 0) is 9.53 Å². The van der Waals surface area contributed by atoms with Gasteiger partial charge in [-0.15, -0.1) is 0 Å². The van der Waals surface area contributed by atoms with Crippen molar-refractivity contribution in [1.29, 1.82) is 0 Å². The lowest BCUT2D eigenvalue weighted by Crippen LogP contribution is -1.96. The molecule has 3 heteroatoms. The molecule has 86 valence electrons. The molecule has 1 aromatic rings. The van der Waals surface area contributed by atoms with Crippen molar-refractivity contribution in [3.8, 4) is 0 Å². The fraction of sp³-hybridized carbons (Fsp3) is 0.308. The van der Waals surface area contributed by atoms with Gasteiger partial charge in [0.1, 0.15) is 0 Å². The van der Waals surface area contributed by atoms with E-state index >= 15 is 0 Å². The third-order valence-corrected chi connectivity index (χ3v) is 2.38. The number of benzene rings is 1. The number of hydrogen-bond acceptors (Lipinski definition) is 3. The molecule has 1 rings (SSSR count). The Morgan fingerprint density at radius 2 is 2.12 bits per heavy atom. The van der Waals surface area contributed by atoms with Gasteiger partial charge in [0, 0.05) is 11.8 Å². The molecule has 0 aliphatic rings. The summed E-state index contributed by atoms with van der Waals surface area (Å²) in [6.07, 6.45) is 3.04. The predicted molar refractivity (Wildman–Crippen MR) is 66.0 cm³/mol. The molecule has 0 unspecified atom stereocenters. The number of methoxy groups -OCH3 is 1. The largest absolute Gasteiger partial charge is 0.466 e. The Kier molecular flexibility index (Phi) is 4.11. The molecular formula is C13H17NO2. The fourth-order valence-corrected chi connectivity index (χ4v) is 1.32. The van der Waals surface area contributed by atoms with Crippen molar-refractivity contribution in [2.24, 2.45) is 0 Å². The maximum absolute atomic E-state index is 11.0. The molecule has 0 aromatic heterocycles. The van der Waals surface area contributed by atoms with Crippen molar-refractivity contribution < 1.29 is 9.53 Å². The fourth-order valence-electron chi connectivity index (χ4n) is 1.32. The van der Waals surface area contributed by atoms with Crippen molar-refractivity contribution in [3.63, 3.8) is 0 Å². The first-order valence-electron chi connectivity index (χ1n) is 5.20. The Balaban J connectivity index is 2.98. The number of hydrogen-bond donors (Lipinski definition) is 1. The molecule has 0 aliphatic heterocycles. The van der Waals surface area contributed by atoms with Gasteiger partial charge in [-0.3, -0.25) is 0 Å². The van der Waals surface area contributed by atoms with E-state index in [-0.39, 0.29) is 5.97 Å². The monoisotopic (exact) mass is 219 g/mol. The van der Waals surface area contributed by atoms with E-state index in [1.54, 1.807) is 6.08 Å². The van der Waals surface area contributed by atoms with Crippen LogP contribution >= 0.6 is 0 Å². The summed E-state index contributed by atoms with van der Waals surface area (Å²) in [5.74, 6) is 0.0558.